The van der Waals surface area contributed by atoms with E-state index in [-0.39, 0.29) is 0 Å². The van der Waals surface area contributed by atoms with Gasteiger partial charge >= 0.3 is 0 Å². The summed E-state index contributed by atoms with van der Waals surface area (Å²) in [5, 5.41) is 1.37. The fourth-order valence-electron chi connectivity index (χ4n) is 1.21. The zero-order valence-corrected chi connectivity index (χ0v) is 11.8. The van der Waals surface area contributed by atoms with E-state index >= 15 is 0 Å². The molecule has 0 bridgehead atoms. The molecule has 0 aromatic carbocycles. The molecule has 76 valence electrons. The summed E-state index contributed by atoms with van der Waals surface area (Å²) in [5.74, 6) is 0. The molecule has 0 fully saturated rings. The van der Waals surface area contributed by atoms with E-state index in [1.165, 1.54) is 5.20 Å². The Bertz CT molecular complexity index is 215. The summed E-state index contributed by atoms with van der Waals surface area (Å²) in [5.41, 5.74) is 2.03. The maximum atomic E-state index is 6.22. The SMILES string of the molecule is C=C[Si](C)(O[Si](C)(C)C)/C(C)=C/C. The topological polar surface area (TPSA) is 9.23 Å². The maximum Gasteiger partial charge on any atom is 0.229 e. The third kappa shape index (κ3) is 4.07. The van der Waals surface area contributed by atoms with Gasteiger partial charge in [-0.2, -0.15) is 0 Å². The minimum absolute atomic E-state index is 1.37. The van der Waals surface area contributed by atoms with Crippen molar-refractivity contribution in [1.82, 2.24) is 0 Å². The van der Waals surface area contributed by atoms with Crippen molar-refractivity contribution in [1.29, 1.82) is 0 Å². The summed E-state index contributed by atoms with van der Waals surface area (Å²) in [7, 11) is -3.22. The van der Waals surface area contributed by atoms with Crippen LogP contribution in [0.25, 0.3) is 0 Å². The molecular weight excluding hydrogens is 192 g/mol. The third-order valence-electron chi connectivity index (χ3n) is 2.12. The van der Waals surface area contributed by atoms with Crippen LogP contribution in [0, 0.1) is 0 Å². The first-order valence-electron chi connectivity index (χ1n) is 4.72. The first-order valence-corrected chi connectivity index (χ1v) is 10.6. The first-order chi connectivity index (χ1) is 5.75. The number of hydrogen-bond donors (Lipinski definition) is 0. The predicted octanol–water partition coefficient (Wildman–Crippen LogP) is 3.64. The van der Waals surface area contributed by atoms with Crippen molar-refractivity contribution in [2.45, 2.75) is 40.0 Å². The van der Waals surface area contributed by atoms with Gasteiger partial charge < -0.3 is 4.12 Å². The Labute approximate surface area is 84.8 Å². The Morgan fingerprint density at radius 2 is 1.69 bits per heavy atom. The highest BCUT2D eigenvalue weighted by Crippen LogP contribution is 2.22. The summed E-state index contributed by atoms with van der Waals surface area (Å²) in [4.78, 5) is 0. The smallest absolute Gasteiger partial charge is 0.229 e. The second-order valence-corrected chi connectivity index (χ2v) is 12.9. The van der Waals surface area contributed by atoms with Crippen molar-refractivity contribution in [2.24, 2.45) is 0 Å². The second kappa shape index (κ2) is 4.39. The van der Waals surface area contributed by atoms with Crippen LogP contribution in [0.5, 0.6) is 0 Å². The lowest BCUT2D eigenvalue weighted by molar-refractivity contribution is 0.566. The van der Waals surface area contributed by atoms with Crippen LogP contribution >= 0.6 is 0 Å². The van der Waals surface area contributed by atoms with E-state index in [1.807, 2.05) is 5.70 Å². The van der Waals surface area contributed by atoms with Crippen LogP contribution in [0.2, 0.25) is 26.2 Å². The molecule has 1 atom stereocenters. The van der Waals surface area contributed by atoms with Crippen LogP contribution in [0.15, 0.2) is 23.6 Å². The molecular formula is C10H22OSi2. The molecule has 0 aliphatic rings. The predicted molar refractivity (Wildman–Crippen MR) is 65.7 cm³/mol. The number of rotatable bonds is 4. The van der Waals surface area contributed by atoms with Gasteiger partial charge in [0.2, 0.25) is 8.32 Å². The fraction of sp³-hybridized carbons (Fsp3) is 0.600. The lowest BCUT2D eigenvalue weighted by atomic mass is 10.6. The van der Waals surface area contributed by atoms with Crippen molar-refractivity contribution >= 4 is 16.6 Å². The second-order valence-electron chi connectivity index (χ2n) is 4.50. The van der Waals surface area contributed by atoms with Gasteiger partial charge in [-0.15, -0.1) is 6.58 Å². The van der Waals surface area contributed by atoms with E-state index in [1.54, 1.807) is 0 Å². The molecule has 1 unspecified atom stereocenters. The van der Waals surface area contributed by atoms with Crippen molar-refractivity contribution in [3.63, 3.8) is 0 Å². The molecule has 0 radical (unpaired) electrons. The van der Waals surface area contributed by atoms with E-state index in [0.29, 0.717) is 0 Å². The van der Waals surface area contributed by atoms with Gasteiger partial charge in [-0.3, -0.25) is 0 Å². The molecule has 0 aliphatic heterocycles. The Morgan fingerprint density at radius 1 is 1.23 bits per heavy atom. The maximum absolute atomic E-state index is 6.22. The Hall–Kier alpha value is -0.126. The average molecular weight is 214 g/mol. The van der Waals surface area contributed by atoms with Crippen LogP contribution < -0.4 is 0 Å². The van der Waals surface area contributed by atoms with E-state index in [4.69, 9.17) is 4.12 Å². The molecule has 0 rings (SSSR count). The van der Waals surface area contributed by atoms with Crippen LogP contribution in [0.4, 0.5) is 0 Å². The van der Waals surface area contributed by atoms with Crippen molar-refractivity contribution in [3.8, 4) is 0 Å². The normalized spacial score (nSPS) is 18.2. The van der Waals surface area contributed by atoms with Gasteiger partial charge in [0.15, 0.2) is 8.32 Å². The highest BCUT2D eigenvalue weighted by Gasteiger charge is 2.32. The summed E-state index contributed by atoms with van der Waals surface area (Å²) in [6, 6.07) is 0. The minimum atomic E-state index is -1.78. The monoisotopic (exact) mass is 214 g/mol. The Balaban J connectivity index is 4.76. The quantitative estimate of drug-likeness (QED) is 0.649. The molecule has 0 amide bonds. The summed E-state index contributed by atoms with van der Waals surface area (Å²) in [6.07, 6.45) is 2.15. The molecule has 0 aromatic rings. The molecule has 0 spiro atoms. The van der Waals surface area contributed by atoms with Crippen LogP contribution in [-0.2, 0) is 4.12 Å². The lowest BCUT2D eigenvalue weighted by Gasteiger charge is -2.32. The molecule has 3 heteroatoms. The molecule has 0 saturated carbocycles. The van der Waals surface area contributed by atoms with E-state index in [0.717, 1.165) is 0 Å². The van der Waals surface area contributed by atoms with Crippen LogP contribution in [0.3, 0.4) is 0 Å². The zero-order chi connectivity index (χ0) is 10.7. The van der Waals surface area contributed by atoms with Crippen molar-refractivity contribution in [3.05, 3.63) is 23.6 Å². The van der Waals surface area contributed by atoms with Gasteiger partial charge in [0.05, 0.1) is 0 Å². The van der Waals surface area contributed by atoms with Gasteiger partial charge in [-0.1, -0.05) is 17.0 Å². The van der Waals surface area contributed by atoms with Gasteiger partial charge in [-0.05, 0) is 40.0 Å². The van der Waals surface area contributed by atoms with E-state index < -0.39 is 16.6 Å². The highest BCUT2D eigenvalue weighted by atomic mass is 28.4. The molecule has 0 N–H and O–H groups in total. The Kier molecular flexibility index (Phi) is 4.35. The lowest BCUT2D eigenvalue weighted by Crippen LogP contribution is -2.44. The highest BCUT2D eigenvalue weighted by molar-refractivity contribution is 6.91. The first kappa shape index (κ1) is 12.9. The van der Waals surface area contributed by atoms with E-state index in [9.17, 15) is 0 Å². The van der Waals surface area contributed by atoms with Gasteiger partial charge in [0.1, 0.15) is 0 Å². The van der Waals surface area contributed by atoms with Crippen molar-refractivity contribution < 1.29 is 4.12 Å². The van der Waals surface area contributed by atoms with Gasteiger partial charge in [0, 0.05) is 0 Å². The summed E-state index contributed by atoms with van der Waals surface area (Å²) < 4.78 is 6.22. The molecule has 0 aromatic heterocycles. The molecule has 1 nitrogen and oxygen atoms in total. The number of hydrogen-bond acceptors (Lipinski definition) is 1. The molecule has 0 aliphatic carbocycles. The number of allylic oxidation sites excluding steroid dienone is 2. The Morgan fingerprint density at radius 3 is 1.92 bits per heavy atom. The van der Waals surface area contributed by atoms with E-state index in [2.05, 4.69) is 52.7 Å². The minimum Gasteiger partial charge on any atom is -0.450 e. The molecule has 0 heterocycles. The molecule has 13 heavy (non-hydrogen) atoms. The third-order valence-corrected chi connectivity index (χ3v) is 8.90. The fourth-order valence-corrected chi connectivity index (χ4v) is 8.17. The summed E-state index contributed by atoms with van der Waals surface area (Å²) >= 11 is 0. The standard InChI is InChI=1S/C10H22OSi2/c1-8-10(3)13(7,9-2)11-12(4,5)6/h8-9H,2H2,1,3-7H3/b10-8+. The van der Waals surface area contributed by atoms with Crippen molar-refractivity contribution in [2.75, 3.05) is 0 Å². The van der Waals surface area contributed by atoms with Crippen LogP contribution in [-0.4, -0.2) is 16.6 Å². The largest absolute Gasteiger partial charge is 0.450 e. The summed E-state index contributed by atoms with van der Waals surface area (Å²) in [6.45, 7) is 17.0. The van der Waals surface area contributed by atoms with Crippen LogP contribution in [0.1, 0.15) is 13.8 Å². The van der Waals surface area contributed by atoms with Gasteiger partial charge in [0.25, 0.3) is 0 Å². The van der Waals surface area contributed by atoms with Gasteiger partial charge in [-0.25, -0.2) is 0 Å². The zero-order valence-electron chi connectivity index (χ0n) is 9.77. The average Bonchev–Trinajstić information content (AvgIpc) is 1.99. The molecule has 0 saturated heterocycles.